The highest BCUT2D eigenvalue weighted by atomic mass is 19.1. The van der Waals surface area contributed by atoms with Crippen molar-refractivity contribution in [3.8, 4) is 0 Å². The number of benzene rings is 1. The first kappa shape index (κ1) is 16.1. The van der Waals surface area contributed by atoms with Gasteiger partial charge < -0.3 is 14.8 Å². The standard InChI is InChI=1S/C19H23FN4O/c20-16-3-1-2-4-17(16)24-9-5-15(12-24)11-22-18(25)19(6-7-19)13-23-10-8-21-14-23/h1-4,8,10,14-15H,5-7,9,11-13H2,(H,22,25). The quantitative estimate of drug-likeness (QED) is 0.877. The van der Waals surface area contributed by atoms with E-state index >= 15 is 0 Å². The van der Waals surface area contributed by atoms with Crippen LogP contribution in [-0.4, -0.2) is 35.1 Å². The maximum Gasteiger partial charge on any atom is 0.228 e. The second-order valence-electron chi connectivity index (χ2n) is 7.28. The molecule has 6 heteroatoms. The highest BCUT2D eigenvalue weighted by Gasteiger charge is 2.50. The van der Waals surface area contributed by atoms with Crippen LogP contribution in [0.4, 0.5) is 10.1 Å². The third-order valence-corrected chi connectivity index (χ3v) is 5.41. The molecule has 1 N–H and O–H groups in total. The number of para-hydroxylation sites is 1. The Morgan fingerprint density at radius 1 is 1.36 bits per heavy atom. The van der Waals surface area contributed by atoms with E-state index < -0.39 is 0 Å². The molecule has 5 nitrogen and oxygen atoms in total. The third kappa shape index (κ3) is 3.38. The first-order chi connectivity index (χ1) is 12.2. The molecule has 1 saturated carbocycles. The van der Waals surface area contributed by atoms with Gasteiger partial charge in [-0.2, -0.15) is 0 Å². The fraction of sp³-hybridized carbons (Fsp3) is 0.474. The van der Waals surface area contributed by atoms with Gasteiger partial charge in [0, 0.05) is 38.6 Å². The van der Waals surface area contributed by atoms with E-state index in [9.17, 15) is 9.18 Å². The Kier molecular flexibility index (Phi) is 4.19. The van der Waals surface area contributed by atoms with E-state index in [2.05, 4.69) is 15.2 Å². The summed E-state index contributed by atoms with van der Waals surface area (Å²) >= 11 is 0. The number of carbonyl (C=O) groups excluding carboxylic acids is 1. The maximum absolute atomic E-state index is 13.9. The van der Waals surface area contributed by atoms with Gasteiger partial charge in [0.1, 0.15) is 5.82 Å². The van der Waals surface area contributed by atoms with Crippen molar-refractivity contribution in [2.75, 3.05) is 24.5 Å². The number of imidazole rings is 1. The molecule has 1 saturated heterocycles. The van der Waals surface area contributed by atoms with Gasteiger partial charge in [0.05, 0.1) is 17.4 Å². The molecule has 25 heavy (non-hydrogen) atoms. The van der Waals surface area contributed by atoms with Gasteiger partial charge in [-0.05, 0) is 37.3 Å². The van der Waals surface area contributed by atoms with Crippen molar-refractivity contribution >= 4 is 11.6 Å². The van der Waals surface area contributed by atoms with Gasteiger partial charge in [0.25, 0.3) is 0 Å². The lowest BCUT2D eigenvalue weighted by Gasteiger charge is -2.20. The normalized spacial score (nSPS) is 21.3. The van der Waals surface area contributed by atoms with E-state index in [0.717, 1.165) is 32.4 Å². The van der Waals surface area contributed by atoms with E-state index in [4.69, 9.17) is 0 Å². The van der Waals surface area contributed by atoms with Crippen molar-refractivity contribution in [2.45, 2.75) is 25.8 Å². The summed E-state index contributed by atoms with van der Waals surface area (Å²) in [6.07, 6.45) is 8.24. The summed E-state index contributed by atoms with van der Waals surface area (Å²) in [5.41, 5.74) is 0.403. The van der Waals surface area contributed by atoms with Crippen LogP contribution in [0.1, 0.15) is 19.3 Å². The van der Waals surface area contributed by atoms with Crippen LogP contribution in [0.5, 0.6) is 0 Å². The molecule has 2 fully saturated rings. The lowest BCUT2D eigenvalue weighted by molar-refractivity contribution is -0.127. The molecule has 2 heterocycles. The van der Waals surface area contributed by atoms with Crippen LogP contribution >= 0.6 is 0 Å². The van der Waals surface area contributed by atoms with Crippen molar-refractivity contribution in [2.24, 2.45) is 11.3 Å². The Morgan fingerprint density at radius 3 is 2.92 bits per heavy atom. The SMILES string of the molecule is O=C(NCC1CCN(c2ccccc2F)C1)C1(Cn2ccnc2)CC1. The number of amides is 1. The summed E-state index contributed by atoms with van der Waals surface area (Å²) in [6.45, 7) is 2.98. The fourth-order valence-corrected chi connectivity index (χ4v) is 3.69. The Labute approximate surface area is 146 Å². The van der Waals surface area contributed by atoms with E-state index in [1.165, 1.54) is 6.07 Å². The second kappa shape index (κ2) is 6.50. The number of carbonyl (C=O) groups is 1. The molecule has 1 aromatic carbocycles. The van der Waals surface area contributed by atoms with Crippen molar-refractivity contribution in [3.63, 3.8) is 0 Å². The molecule has 2 aliphatic rings. The van der Waals surface area contributed by atoms with Gasteiger partial charge in [-0.25, -0.2) is 9.37 Å². The van der Waals surface area contributed by atoms with E-state index in [1.807, 2.05) is 22.9 Å². The minimum absolute atomic E-state index is 0.144. The van der Waals surface area contributed by atoms with Crippen LogP contribution in [0.25, 0.3) is 0 Å². The lowest BCUT2D eigenvalue weighted by Crippen LogP contribution is -2.38. The molecule has 1 aliphatic heterocycles. The first-order valence-corrected chi connectivity index (χ1v) is 8.90. The minimum Gasteiger partial charge on any atom is -0.369 e. The van der Waals surface area contributed by atoms with Crippen LogP contribution in [0.3, 0.4) is 0 Å². The van der Waals surface area contributed by atoms with Crippen molar-refractivity contribution in [1.82, 2.24) is 14.9 Å². The molecule has 1 atom stereocenters. The number of nitrogens with zero attached hydrogens (tertiary/aromatic N) is 3. The summed E-state index contributed by atoms with van der Waals surface area (Å²) in [4.78, 5) is 18.7. The number of hydrogen-bond donors (Lipinski definition) is 1. The average Bonchev–Trinajstić information content (AvgIpc) is 3.01. The smallest absolute Gasteiger partial charge is 0.228 e. The fourth-order valence-electron chi connectivity index (χ4n) is 3.69. The Morgan fingerprint density at radius 2 is 2.20 bits per heavy atom. The van der Waals surface area contributed by atoms with Crippen LogP contribution in [-0.2, 0) is 11.3 Å². The van der Waals surface area contributed by atoms with Gasteiger partial charge in [0.2, 0.25) is 5.91 Å². The molecule has 4 rings (SSSR count). The van der Waals surface area contributed by atoms with Crippen molar-refractivity contribution < 1.29 is 9.18 Å². The predicted octanol–water partition coefficient (Wildman–Crippen LogP) is 2.45. The molecular formula is C19H23FN4O. The number of anilines is 1. The van der Waals surface area contributed by atoms with Gasteiger partial charge in [0.15, 0.2) is 0 Å². The maximum atomic E-state index is 13.9. The van der Waals surface area contributed by atoms with E-state index in [1.54, 1.807) is 18.6 Å². The predicted molar refractivity (Wildman–Crippen MR) is 93.6 cm³/mol. The van der Waals surface area contributed by atoms with Gasteiger partial charge in [-0.1, -0.05) is 12.1 Å². The number of rotatable bonds is 6. The van der Waals surface area contributed by atoms with Crippen LogP contribution in [0, 0.1) is 17.2 Å². The molecule has 0 radical (unpaired) electrons. The summed E-state index contributed by atoms with van der Waals surface area (Å²) < 4.78 is 15.9. The van der Waals surface area contributed by atoms with E-state index in [0.29, 0.717) is 24.7 Å². The van der Waals surface area contributed by atoms with Gasteiger partial charge in [-0.15, -0.1) is 0 Å². The highest BCUT2D eigenvalue weighted by molar-refractivity contribution is 5.85. The lowest BCUT2D eigenvalue weighted by atomic mass is 10.0. The Hall–Kier alpha value is -2.37. The summed E-state index contributed by atoms with van der Waals surface area (Å²) in [7, 11) is 0. The van der Waals surface area contributed by atoms with E-state index in [-0.39, 0.29) is 17.1 Å². The number of aromatic nitrogens is 2. The molecule has 0 spiro atoms. The Bertz CT molecular complexity index is 742. The largest absolute Gasteiger partial charge is 0.369 e. The summed E-state index contributed by atoms with van der Waals surface area (Å²) in [5, 5.41) is 3.13. The molecule has 132 valence electrons. The van der Waals surface area contributed by atoms with Crippen LogP contribution < -0.4 is 10.2 Å². The number of nitrogens with one attached hydrogen (secondary N) is 1. The van der Waals surface area contributed by atoms with Crippen LogP contribution in [0.2, 0.25) is 0 Å². The molecule has 2 aromatic rings. The topological polar surface area (TPSA) is 50.2 Å². The van der Waals surface area contributed by atoms with Crippen molar-refractivity contribution in [3.05, 3.63) is 48.8 Å². The average molecular weight is 342 g/mol. The molecular weight excluding hydrogens is 319 g/mol. The van der Waals surface area contributed by atoms with Gasteiger partial charge >= 0.3 is 0 Å². The number of halogens is 1. The van der Waals surface area contributed by atoms with Crippen molar-refractivity contribution in [1.29, 1.82) is 0 Å². The first-order valence-electron chi connectivity index (χ1n) is 8.90. The summed E-state index contributed by atoms with van der Waals surface area (Å²) in [5.74, 6) is 0.336. The zero-order chi connectivity index (χ0) is 17.3. The molecule has 1 aliphatic carbocycles. The molecule has 1 amide bonds. The molecule has 0 bridgehead atoms. The van der Waals surface area contributed by atoms with Crippen LogP contribution in [0.15, 0.2) is 43.0 Å². The summed E-state index contributed by atoms with van der Waals surface area (Å²) in [6, 6.07) is 6.89. The molecule has 1 aromatic heterocycles. The van der Waals surface area contributed by atoms with Gasteiger partial charge in [-0.3, -0.25) is 4.79 Å². The zero-order valence-electron chi connectivity index (χ0n) is 14.2. The number of hydrogen-bond acceptors (Lipinski definition) is 3. The molecule has 1 unspecified atom stereocenters. The minimum atomic E-state index is -0.259. The third-order valence-electron chi connectivity index (χ3n) is 5.41. The Balaban J connectivity index is 1.29. The zero-order valence-corrected chi connectivity index (χ0v) is 14.2. The highest BCUT2D eigenvalue weighted by Crippen LogP contribution is 2.47. The monoisotopic (exact) mass is 342 g/mol. The second-order valence-corrected chi connectivity index (χ2v) is 7.28.